The number of hydrogen-bond donors (Lipinski definition) is 1. The van der Waals surface area contributed by atoms with Gasteiger partial charge in [0.1, 0.15) is 0 Å². The first kappa shape index (κ1) is 17.6. The lowest BCUT2D eigenvalue weighted by Gasteiger charge is -2.28. The summed E-state index contributed by atoms with van der Waals surface area (Å²) in [5.41, 5.74) is 5.74. The number of halogens is 4. The molecular formula is C11H15Cl2F2NOS. The number of alkyl halides is 2. The molecule has 1 heterocycles. The molecule has 0 atom stereocenters. The molecule has 1 aliphatic rings. The van der Waals surface area contributed by atoms with E-state index in [-0.39, 0.29) is 43.6 Å². The van der Waals surface area contributed by atoms with Gasteiger partial charge in [-0.25, -0.2) is 8.78 Å². The number of hydrogen-bond acceptors (Lipinski definition) is 2. The Morgan fingerprint density at radius 1 is 1.33 bits per heavy atom. The summed E-state index contributed by atoms with van der Waals surface area (Å²) in [5, 5.41) is 1.79. The van der Waals surface area contributed by atoms with Gasteiger partial charge in [-0.05, 0) is 30.2 Å². The van der Waals surface area contributed by atoms with Gasteiger partial charge < -0.3 is 5.73 Å². The van der Waals surface area contributed by atoms with Crippen molar-refractivity contribution >= 4 is 42.1 Å². The average molecular weight is 318 g/mol. The highest BCUT2D eigenvalue weighted by Crippen LogP contribution is 2.43. The van der Waals surface area contributed by atoms with Crippen molar-refractivity contribution in [3.63, 3.8) is 0 Å². The SMILES string of the molecule is Cl.Cl.NC(=O)c1ccsc1C1CCC(F)(F)CC1. The second-order valence-corrected chi connectivity index (χ2v) is 5.14. The van der Waals surface area contributed by atoms with Crippen molar-refractivity contribution in [2.75, 3.05) is 0 Å². The van der Waals surface area contributed by atoms with Gasteiger partial charge in [-0.2, -0.15) is 0 Å². The molecule has 1 aromatic heterocycles. The summed E-state index contributed by atoms with van der Waals surface area (Å²) in [5.74, 6) is -2.92. The molecule has 2 rings (SSSR count). The molecule has 7 heteroatoms. The topological polar surface area (TPSA) is 43.1 Å². The lowest BCUT2D eigenvalue weighted by atomic mass is 9.84. The fraction of sp³-hybridized carbons (Fsp3) is 0.545. The molecule has 0 bridgehead atoms. The van der Waals surface area contributed by atoms with Crippen molar-refractivity contribution < 1.29 is 13.6 Å². The second kappa shape index (κ2) is 6.68. The number of rotatable bonds is 2. The van der Waals surface area contributed by atoms with E-state index in [1.165, 1.54) is 11.3 Å². The molecule has 1 aromatic rings. The van der Waals surface area contributed by atoms with Gasteiger partial charge in [0, 0.05) is 17.7 Å². The van der Waals surface area contributed by atoms with E-state index in [1.807, 2.05) is 0 Å². The van der Waals surface area contributed by atoms with Crippen LogP contribution in [0.5, 0.6) is 0 Å². The maximum Gasteiger partial charge on any atom is 0.249 e. The zero-order chi connectivity index (χ0) is 11.8. The van der Waals surface area contributed by atoms with Gasteiger partial charge in [0.2, 0.25) is 11.8 Å². The molecule has 2 N–H and O–H groups in total. The van der Waals surface area contributed by atoms with Crippen LogP contribution < -0.4 is 5.73 Å². The van der Waals surface area contributed by atoms with Gasteiger partial charge in [-0.3, -0.25) is 4.79 Å². The Labute approximate surface area is 121 Å². The molecule has 0 aliphatic heterocycles. The van der Waals surface area contributed by atoms with Gasteiger partial charge in [0.05, 0.1) is 5.56 Å². The van der Waals surface area contributed by atoms with Crippen molar-refractivity contribution in [3.05, 3.63) is 21.9 Å². The van der Waals surface area contributed by atoms with Crippen LogP contribution in [0, 0.1) is 0 Å². The van der Waals surface area contributed by atoms with E-state index in [2.05, 4.69) is 0 Å². The molecule has 1 aliphatic carbocycles. The molecule has 0 aromatic carbocycles. The maximum absolute atomic E-state index is 13.0. The van der Waals surface area contributed by atoms with Crippen LogP contribution in [-0.2, 0) is 0 Å². The van der Waals surface area contributed by atoms with Gasteiger partial charge in [0.15, 0.2) is 0 Å². The number of carbonyl (C=O) groups is 1. The summed E-state index contributed by atoms with van der Waals surface area (Å²) in [6.07, 6.45) is 0.698. The zero-order valence-corrected chi connectivity index (χ0v) is 12.0. The number of carbonyl (C=O) groups excluding carboxylic acids is 1. The van der Waals surface area contributed by atoms with Crippen LogP contribution in [0.15, 0.2) is 11.4 Å². The zero-order valence-electron chi connectivity index (χ0n) is 9.53. The molecule has 1 amide bonds. The van der Waals surface area contributed by atoms with Crippen LogP contribution >= 0.6 is 36.2 Å². The van der Waals surface area contributed by atoms with E-state index < -0.39 is 11.8 Å². The Kier molecular flexibility index (Phi) is 6.54. The summed E-state index contributed by atoms with van der Waals surface area (Å²) in [6.45, 7) is 0. The smallest absolute Gasteiger partial charge is 0.249 e. The minimum Gasteiger partial charge on any atom is -0.366 e. The summed E-state index contributed by atoms with van der Waals surface area (Å²) in [4.78, 5) is 12.0. The predicted molar refractivity (Wildman–Crippen MR) is 73.5 cm³/mol. The first-order chi connectivity index (χ1) is 7.49. The molecule has 0 radical (unpaired) electrons. The molecular weight excluding hydrogens is 303 g/mol. The Morgan fingerprint density at radius 2 is 1.89 bits per heavy atom. The molecule has 104 valence electrons. The van der Waals surface area contributed by atoms with Gasteiger partial charge >= 0.3 is 0 Å². The average Bonchev–Trinajstić information content (AvgIpc) is 2.66. The van der Waals surface area contributed by atoms with Crippen LogP contribution in [0.3, 0.4) is 0 Å². The fourth-order valence-electron chi connectivity index (χ4n) is 2.14. The normalized spacial score (nSPS) is 18.6. The molecule has 0 saturated heterocycles. The molecule has 1 fully saturated rings. The number of thiophene rings is 1. The molecule has 2 nitrogen and oxygen atoms in total. The van der Waals surface area contributed by atoms with Crippen LogP contribution in [0.25, 0.3) is 0 Å². The third-order valence-corrected chi connectivity index (χ3v) is 4.13. The summed E-state index contributed by atoms with van der Waals surface area (Å²) in [7, 11) is 0. The highest BCUT2D eigenvalue weighted by atomic mass is 35.5. The van der Waals surface area contributed by atoms with E-state index in [1.54, 1.807) is 11.4 Å². The van der Waals surface area contributed by atoms with Crippen molar-refractivity contribution in [3.8, 4) is 0 Å². The summed E-state index contributed by atoms with van der Waals surface area (Å²) in [6, 6.07) is 1.68. The lowest BCUT2D eigenvalue weighted by Crippen LogP contribution is -2.24. The minimum atomic E-state index is -2.53. The molecule has 0 unspecified atom stereocenters. The Balaban J connectivity index is 0.00000144. The summed E-state index contributed by atoms with van der Waals surface area (Å²) >= 11 is 1.44. The largest absolute Gasteiger partial charge is 0.366 e. The highest BCUT2D eigenvalue weighted by Gasteiger charge is 2.36. The second-order valence-electron chi connectivity index (χ2n) is 4.19. The van der Waals surface area contributed by atoms with E-state index in [9.17, 15) is 13.6 Å². The third-order valence-electron chi connectivity index (χ3n) is 3.05. The highest BCUT2D eigenvalue weighted by molar-refractivity contribution is 7.10. The van der Waals surface area contributed by atoms with Crippen LogP contribution in [0.4, 0.5) is 8.78 Å². The van der Waals surface area contributed by atoms with Gasteiger partial charge in [-0.1, -0.05) is 0 Å². The first-order valence-corrected chi connectivity index (χ1v) is 6.12. The number of primary amides is 1. The van der Waals surface area contributed by atoms with E-state index in [0.29, 0.717) is 18.4 Å². The Hall–Kier alpha value is -0.390. The Morgan fingerprint density at radius 3 is 2.39 bits per heavy atom. The minimum absolute atomic E-state index is 0. The molecule has 18 heavy (non-hydrogen) atoms. The quantitative estimate of drug-likeness (QED) is 0.880. The van der Waals surface area contributed by atoms with E-state index in [4.69, 9.17) is 5.73 Å². The Bertz CT molecular complexity index is 402. The van der Waals surface area contributed by atoms with Gasteiger partial charge in [0.25, 0.3) is 0 Å². The number of amides is 1. The van der Waals surface area contributed by atoms with Crippen LogP contribution in [-0.4, -0.2) is 11.8 Å². The predicted octanol–water partition coefficient (Wildman–Crippen LogP) is 3.98. The van der Waals surface area contributed by atoms with Crippen molar-refractivity contribution in [1.82, 2.24) is 0 Å². The third kappa shape index (κ3) is 3.80. The van der Waals surface area contributed by atoms with E-state index in [0.717, 1.165) is 4.88 Å². The van der Waals surface area contributed by atoms with Gasteiger partial charge in [-0.15, -0.1) is 36.2 Å². The van der Waals surface area contributed by atoms with E-state index >= 15 is 0 Å². The molecule has 0 spiro atoms. The van der Waals surface area contributed by atoms with Crippen LogP contribution in [0.2, 0.25) is 0 Å². The molecule has 1 saturated carbocycles. The fourth-order valence-corrected chi connectivity index (χ4v) is 3.22. The number of nitrogens with two attached hydrogens (primary N) is 1. The standard InChI is InChI=1S/C11H13F2NOS.2ClH/c12-11(13)4-1-7(2-5-11)9-8(10(14)15)3-6-16-9;;/h3,6-7H,1-2,4-5H2,(H2,14,15);2*1H. The van der Waals surface area contributed by atoms with Crippen LogP contribution in [0.1, 0.15) is 46.8 Å². The maximum atomic E-state index is 13.0. The van der Waals surface area contributed by atoms with Crippen molar-refractivity contribution in [2.24, 2.45) is 5.73 Å². The monoisotopic (exact) mass is 317 g/mol. The lowest BCUT2D eigenvalue weighted by molar-refractivity contribution is -0.0380. The van der Waals surface area contributed by atoms with Crippen molar-refractivity contribution in [2.45, 2.75) is 37.5 Å². The first-order valence-electron chi connectivity index (χ1n) is 5.24. The summed E-state index contributed by atoms with van der Waals surface area (Å²) < 4.78 is 26.0. The van der Waals surface area contributed by atoms with Crippen molar-refractivity contribution in [1.29, 1.82) is 0 Å².